The fourth-order valence-electron chi connectivity index (χ4n) is 2.79. The second-order valence-electron chi connectivity index (χ2n) is 6.49. The molecule has 0 saturated carbocycles. The number of guanidine groups is 1. The normalized spacial score (nSPS) is 13.3. The molecule has 5 nitrogen and oxygen atoms in total. The molecule has 26 heavy (non-hydrogen) atoms. The van der Waals surface area contributed by atoms with Crippen LogP contribution in [0.2, 0.25) is 0 Å². The van der Waals surface area contributed by atoms with Gasteiger partial charge in [0.1, 0.15) is 0 Å². The predicted octanol–water partition coefficient (Wildman–Crippen LogP) is 2.87. The van der Waals surface area contributed by atoms with E-state index >= 15 is 0 Å². The lowest BCUT2D eigenvalue weighted by Crippen LogP contribution is -2.38. The summed E-state index contributed by atoms with van der Waals surface area (Å²) in [5, 5.41) is 6.60. The predicted molar refractivity (Wildman–Crippen MR) is 107 cm³/mol. The first-order valence-electron chi connectivity index (χ1n) is 8.60. The molecule has 0 bridgehead atoms. The highest BCUT2D eigenvalue weighted by atomic mass is 32.2. The average Bonchev–Trinajstić information content (AvgIpc) is 2.61. The van der Waals surface area contributed by atoms with E-state index in [0.29, 0.717) is 17.4 Å². The molecule has 0 aromatic heterocycles. The van der Waals surface area contributed by atoms with Gasteiger partial charge in [0.25, 0.3) is 0 Å². The summed E-state index contributed by atoms with van der Waals surface area (Å²) in [6.45, 7) is 5.33. The van der Waals surface area contributed by atoms with Gasteiger partial charge in [0, 0.05) is 26.4 Å². The van der Waals surface area contributed by atoms with Crippen molar-refractivity contribution in [3.05, 3.63) is 65.2 Å². The third-order valence-electron chi connectivity index (χ3n) is 4.27. The molecule has 0 aliphatic heterocycles. The molecule has 0 aliphatic rings. The van der Waals surface area contributed by atoms with Crippen molar-refractivity contribution in [2.45, 2.75) is 31.2 Å². The molecule has 6 heteroatoms. The van der Waals surface area contributed by atoms with Crippen LogP contribution in [0.25, 0.3) is 0 Å². The maximum atomic E-state index is 11.7. The average molecular weight is 374 g/mol. The number of hydrogen-bond acceptors (Lipinski definition) is 3. The van der Waals surface area contributed by atoms with Gasteiger partial charge in [-0.05, 0) is 35.6 Å². The summed E-state index contributed by atoms with van der Waals surface area (Å²) in [6.07, 6.45) is 1.23. The van der Waals surface area contributed by atoms with E-state index in [1.54, 1.807) is 13.1 Å². The van der Waals surface area contributed by atoms with Crippen molar-refractivity contribution >= 4 is 15.8 Å². The largest absolute Gasteiger partial charge is 0.356 e. The first-order chi connectivity index (χ1) is 12.3. The van der Waals surface area contributed by atoms with Gasteiger partial charge in [0.05, 0.1) is 4.90 Å². The summed E-state index contributed by atoms with van der Waals surface area (Å²) < 4.78 is 23.4. The van der Waals surface area contributed by atoms with Gasteiger partial charge in [0.15, 0.2) is 15.8 Å². The van der Waals surface area contributed by atoms with Crippen molar-refractivity contribution in [3.63, 3.8) is 0 Å². The Kier molecular flexibility index (Phi) is 6.80. The van der Waals surface area contributed by atoms with E-state index < -0.39 is 9.84 Å². The van der Waals surface area contributed by atoms with E-state index in [4.69, 9.17) is 0 Å². The third kappa shape index (κ3) is 5.59. The van der Waals surface area contributed by atoms with Gasteiger partial charge in [0.2, 0.25) is 0 Å². The highest BCUT2D eigenvalue weighted by Crippen LogP contribution is 2.16. The van der Waals surface area contributed by atoms with E-state index in [0.717, 1.165) is 23.6 Å². The van der Waals surface area contributed by atoms with Gasteiger partial charge in [-0.3, -0.25) is 4.99 Å². The third-order valence-corrected chi connectivity index (χ3v) is 5.52. The summed E-state index contributed by atoms with van der Waals surface area (Å²) in [7, 11) is -1.45. The van der Waals surface area contributed by atoms with Crippen LogP contribution < -0.4 is 10.6 Å². The number of aliphatic imine (C=N–C) groups is 1. The zero-order valence-electron chi connectivity index (χ0n) is 15.8. The van der Waals surface area contributed by atoms with Crippen LogP contribution in [0.1, 0.15) is 29.5 Å². The van der Waals surface area contributed by atoms with Crippen molar-refractivity contribution in [1.29, 1.82) is 0 Å². The van der Waals surface area contributed by atoms with Crippen LogP contribution >= 0.6 is 0 Å². The second-order valence-corrected chi connectivity index (χ2v) is 8.47. The summed E-state index contributed by atoms with van der Waals surface area (Å²) in [5.74, 6) is 1.09. The Balaban J connectivity index is 1.92. The van der Waals surface area contributed by atoms with Gasteiger partial charge in [-0.2, -0.15) is 0 Å². The molecule has 2 rings (SSSR count). The summed E-state index contributed by atoms with van der Waals surface area (Å²) in [5.41, 5.74) is 3.05. The Bertz CT molecular complexity index is 862. The van der Waals surface area contributed by atoms with E-state index in [9.17, 15) is 8.42 Å². The number of nitrogens with zero attached hydrogens (tertiary/aromatic N) is 1. The maximum Gasteiger partial charge on any atom is 0.191 e. The molecule has 2 aromatic rings. The second kappa shape index (κ2) is 8.85. The Morgan fingerprint density at radius 1 is 1.12 bits per heavy atom. The monoisotopic (exact) mass is 373 g/mol. The minimum atomic E-state index is -3.19. The molecular weight excluding hydrogens is 346 g/mol. The molecule has 1 atom stereocenters. The summed E-state index contributed by atoms with van der Waals surface area (Å²) in [4.78, 5) is 4.62. The highest BCUT2D eigenvalue weighted by Gasteiger charge is 2.11. The molecule has 0 radical (unpaired) electrons. The Morgan fingerprint density at radius 3 is 2.38 bits per heavy atom. The number of benzene rings is 2. The van der Waals surface area contributed by atoms with E-state index in [1.807, 2.05) is 37.3 Å². The molecule has 140 valence electrons. The molecule has 0 amide bonds. The van der Waals surface area contributed by atoms with Gasteiger partial charge < -0.3 is 10.6 Å². The van der Waals surface area contributed by atoms with Crippen LogP contribution in [0.5, 0.6) is 0 Å². The van der Waals surface area contributed by atoms with Crippen molar-refractivity contribution < 1.29 is 8.42 Å². The van der Waals surface area contributed by atoms with Crippen LogP contribution in [-0.4, -0.2) is 34.2 Å². The van der Waals surface area contributed by atoms with Gasteiger partial charge >= 0.3 is 0 Å². The SMILES string of the molecule is CN=C(NCc1ccc(S(C)(=O)=O)c(C)c1)NCC(C)c1ccccc1. The summed E-state index contributed by atoms with van der Waals surface area (Å²) in [6, 6.07) is 15.7. The zero-order valence-corrected chi connectivity index (χ0v) is 16.6. The molecule has 0 spiro atoms. The molecule has 2 N–H and O–H groups in total. The minimum absolute atomic E-state index is 0.367. The Morgan fingerprint density at radius 2 is 1.81 bits per heavy atom. The lowest BCUT2D eigenvalue weighted by Gasteiger charge is -2.16. The first-order valence-corrected chi connectivity index (χ1v) is 10.5. The van der Waals surface area contributed by atoms with Gasteiger partial charge in [-0.1, -0.05) is 49.4 Å². The van der Waals surface area contributed by atoms with Crippen LogP contribution in [0, 0.1) is 6.92 Å². The van der Waals surface area contributed by atoms with E-state index in [1.165, 1.54) is 11.8 Å². The maximum absolute atomic E-state index is 11.7. The molecule has 0 fully saturated rings. The fourth-order valence-corrected chi connectivity index (χ4v) is 3.75. The van der Waals surface area contributed by atoms with Crippen LogP contribution in [-0.2, 0) is 16.4 Å². The quantitative estimate of drug-likeness (QED) is 0.603. The molecule has 2 aromatic carbocycles. The van der Waals surface area contributed by atoms with Crippen molar-refractivity contribution in [3.8, 4) is 0 Å². The van der Waals surface area contributed by atoms with E-state index in [-0.39, 0.29) is 0 Å². The number of nitrogens with one attached hydrogen (secondary N) is 2. The lowest BCUT2D eigenvalue weighted by atomic mass is 10.0. The number of sulfone groups is 1. The summed E-state index contributed by atoms with van der Waals surface area (Å²) >= 11 is 0. The van der Waals surface area contributed by atoms with E-state index in [2.05, 4.69) is 34.7 Å². The smallest absolute Gasteiger partial charge is 0.191 e. The number of aryl methyl sites for hydroxylation is 1. The minimum Gasteiger partial charge on any atom is -0.356 e. The molecule has 1 unspecified atom stereocenters. The number of hydrogen-bond donors (Lipinski definition) is 2. The van der Waals surface area contributed by atoms with Crippen LogP contribution in [0.3, 0.4) is 0 Å². The molecule has 0 saturated heterocycles. The Labute approximate surface area is 156 Å². The molecule has 0 heterocycles. The lowest BCUT2D eigenvalue weighted by molar-refractivity contribution is 0.601. The van der Waals surface area contributed by atoms with Crippen LogP contribution in [0.4, 0.5) is 0 Å². The van der Waals surface area contributed by atoms with Crippen molar-refractivity contribution in [1.82, 2.24) is 10.6 Å². The topological polar surface area (TPSA) is 70.6 Å². The number of rotatable bonds is 6. The standard InChI is InChI=1S/C20H27N3O2S/c1-15-12-17(10-11-19(15)26(4,24)25)14-23-20(21-3)22-13-16(2)18-8-6-5-7-9-18/h5-12,16H,13-14H2,1-4H3,(H2,21,22,23). The van der Waals surface area contributed by atoms with Crippen molar-refractivity contribution in [2.75, 3.05) is 19.8 Å². The zero-order chi connectivity index (χ0) is 19.2. The van der Waals surface area contributed by atoms with Gasteiger partial charge in [-0.15, -0.1) is 0 Å². The van der Waals surface area contributed by atoms with Crippen LogP contribution in [0.15, 0.2) is 58.4 Å². The molecule has 0 aliphatic carbocycles. The Hall–Kier alpha value is -2.34. The van der Waals surface area contributed by atoms with Crippen molar-refractivity contribution in [2.24, 2.45) is 4.99 Å². The van der Waals surface area contributed by atoms with Gasteiger partial charge in [-0.25, -0.2) is 8.42 Å². The first kappa shape index (κ1) is 20.0. The molecular formula is C20H27N3O2S. The highest BCUT2D eigenvalue weighted by molar-refractivity contribution is 7.90. The fraction of sp³-hybridized carbons (Fsp3) is 0.350.